The van der Waals surface area contributed by atoms with E-state index in [0.717, 1.165) is 41.4 Å². The first-order valence-electron chi connectivity index (χ1n) is 10.9. The van der Waals surface area contributed by atoms with E-state index in [1.54, 1.807) is 0 Å². The second-order valence-corrected chi connectivity index (χ2v) is 9.27. The quantitative estimate of drug-likeness (QED) is 0.361. The molecular formula is C24H25BrN4O4. The first-order chi connectivity index (χ1) is 15.9. The lowest BCUT2D eigenvalue weighted by molar-refractivity contribution is -0.138. The summed E-state index contributed by atoms with van der Waals surface area (Å²) >= 11 is 3.48. The van der Waals surface area contributed by atoms with Crippen LogP contribution in [-0.2, 0) is 4.79 Å². The van der Waals surface area contributed by atoms with Crippen LogP contribution in [0.4, 0.5) is 17.4 Å². The zero-order valence-electron chi connectivity index (χ0n) is 18.2. The largest absolute Gasteiger partial charge is 0.481 e. The minimum atomic E-state index is -0.717. The lowest BCUT2D eigenvalue weighted by Gasteiger charge is -2.28. The van der Waals surface area contributed by atoms with Crippen LogP contribution in [0.5, 0.6) is 0 Å². The Morgan fingerprint density at radius 1 is 1.09 bits per heavy atom. The van der Waals surface area contributed by atoms with Crippen molar-refractivity contribution >= 4 is 45.2 Å². The number of amides is 1. The molecule has 1 aliphatic carbocycles. The van der Waals surface area contributed by atoms with Crippen LogP contribution < -0.4 is 10.6 Å². The summed E-state index contributed by atoms with van der Waals surface area (Å²) in [6.07, 6.45) is 4.09. The van der Waals surface area contributed by atoms with E-state index in [-0.39, 0.29) is 24.2 Å². The fourth-order valence-corrected chi connectivity index (χ4v) is 4.76. The highest BCUT2D eigenvalue weighted by Crippen LogP contribution is 2.37. The van der Waals surface area contributed by atoms with E-state index >= 15 is 0 Å². The lowest BCUT2D eigenvalue weighted by atomic mass is 9.77. The Balaban J connectivity index is 1.32. The smallest absolute Gasteiger partial charge is 0.320 e. The van der Waals surface area contributed by atoms with Gasteiger partial charge in [0.2, 0.25) is 0 Å². The molecule has 1 heterocycles. The van der Waals surface area contributed by atoms with E-state index in [0.29, 0.717) is 11.6 Å². The Morgan fingerprint density at radius 2 is 1.82 bits per heavy atom. The van der Waals surface area contributed by atoms with Crippen LogP contribution in [0.25, 0.3) is 0 Å². The maximum absolute atomic E-state index is 12.5. The summed E-state index contributed by atoms with van der Waals surface area (Å²) in [5.74, 6) is -0.642. The van der Waals surface area contributed by atoms with Crippen LogP contribution in [0.15, 0.2) is 51.4 Å². The van der Waals surface area contributed by atoms with Gasteiger partial charge in [0.1, 0.15) is 0 Å². The van der Waals surface area contributed by atoms with E-state index in [4.69, 9.17) is 9.52 Å². The summed E-state index contributed by atoms with van der Waals surface area (Å²) in [5.41, 5.74) is 3.70. The minimum absolute atomic E-state index is 0.124. The number of nitrogens with one attached hydrogen (secondary N) is 2. The summed E-state index contributed by atoms with van der Waals surface area (Å²) in [4.78, 5) is 23.4. The number of hydrogen-bond donors (Lipinski definition) is 3. The predicted molar refractivity (Wildman–Crippen MR) is 128 cm³/mol. The second kappa shape index (κ2) is 10.2. The molecule has 0 saturated heterocycles. The third-order valence-electron chi connectivity index (χ3n) is 5.94. The third kappa shape index (κ3) is 5.98. The fourth-order valence-electron chi connectivity index (χ4n) is 4.17. The van der Waals surface area contributed by atoms with Gasteiger partial charge in [-0.15, -0.1) is 5.10 Å². The lowest BCUT2D eigenvalue weighted by Crippen LogP contribution is -2.16. The number of anilines is 3. The number of carbonyl (C=O) groups excluding carboxylic acids is 1. The molecule has 3 N–H and O–H groups in total. The summed E-state index contributed by atoms with van der Waals surface area (Å²) in [7, 11) is 0. The zero-order chi connectivity index (χ0) is 23.4. The SMILES string of the molecule is Cc1ccc(Nc2nnc(C(=O)Nc3ccc([C@H]4CC[C@H](CC(=O)O)CC4)cc3)o2)c(Br)c1. The second-order valence-electron chi connectivity index (χ2n) is 8.41. The highest BCUT2D eigenvalue weighted by Gasteiger charge is 2.24. The van der Waals surface area contributed by atoms with Crippen LogP contribution >= 0.6 is 15.9 Å². The van der Waals surface area contributed by atoms with Crippen molar-refractivity contribution in [2.24, 2.45) is 5.92 Å². The summed E-state index contributed by atoms with van der Waals surface area (Å²) in [5, 5.41) is 22.5. The summed E-state index contributed by atoms with van der Waals surface area (Å²) < 4.78 is 6.30. The Bertz CT molecular complexity index is 1140. The number of carboxylic acid groups (broad SMARTS) is 1. The number of aliphatic carboxylic acids is 1. The Labute approximate surface area is 199 Å². The monoisotopic (exact) mass is 512 g/mol. The average molecular weight is 513 g/mol. The van der Waals surface area contributed by atoms with Crippen LogP contribution in [0.3, 0.4) is 0 Å². The molecule has 1 aromatic heterocycles. The van der Waals surface area contributed by atoms with Gasteiger partial charge in [0.25, 0.3) is 0 Å². The number of halogens is 1. The van der Waals surface area contributed by atoms with Gasteiger partial charge in [0, 0.05) is 16.6 Å². The van der Waals surface area contributed by atoms with Gasteiger partial charge in [0.15, 0.2) is 0 Å². The van der Waals surface area contributed by atoms with Crippen LogP contribution in [0.2, 0.25) is 0 Å². The topological polar surface area (TPSA) is 117 Å². The molecular weight excluding hydrogens is 488 g/mol. The number of carboxylic acids is 1. The molecule has 3 aromatic rings. The molecule has 0 aliphatic heterocycles. The first-order valence-corrected chi connectivity index (χ1v) is 11.7. The minimum Gasteiger partial charge on any atom is -0.481 e. The molecule has 9 heteroatoms. The van der Waals surface area contributed by atoms with Crippen molar-refractivity contribution in [3.05, 3.63) is 64.0 Å². The van der Waals surface area contributed by atoms with Gasteiger partial charge in [0.05, 0.1) is 5.69 Å². The number of rotatable bonds is 7. The van der Waals surface area contributed by atoms with E-state index in [1.807, 2.05) is 49.4 Å². The van der Waals surface area contributed by atoms with Crippen molar-refractivity contribution < 1.29 is 19.1 Å². The number of aryl methyl sites for hydroxylation is 1. The maximum Gasteiger partial charge on any atom is 0.320 e. The molecule has 0 atom stereocenters. The van der Waals surface area contributed by atoms with Crippen molar-refractivity contribution in [2.75, 3.05) is 10.6 Å². The fraction of sp³-hybridized carbons (Fsp3) is 0.333. The van der Waals surface area contributed by atoms with Gasteiger partial charge >= 0.3 is 23.8 Å². The molecule has 8 nitrogen and oxygen atoms in total. The van der Waals surface area contributed by atoms with Gasteiger partial charge in [-0.2, -0.15) is 0 Å². The average Bonchev–Trinajstić information content (AvgIpc) is 3.25. The summed E-state index contributed by atoms with van der Waals surface area (Å²) in [6.45, 7) is 1.99. The van der Waals surface area contributed by atoms with Gasteiger partial charge < -0.3 is 20.2 Å². The predicted octanol–water partition coefficient (Wildman–Crippen LogP) is 5.88. The highest BCUT2D eigenvalue weighted by atomic mass is 79.9. The van der Waals surface area contributed by atoms with Crippen LogP contribution in [0.1, 0.15) is 59.8 Å². The van der Waals surface area contributed by atoms with Crippen molar-refractivity contribution in [2.45, 2.75) is 44.9 Å². The highest BCUT2D eigenvalue weighted by molar-refractivity contribution is 9.10. The molecule has 0 unspecified atom stereocenters. The summed E-state index contributed by atoms with van der Waals surface area (Å²) in [6, 6.07) is 13.6. The molecule has 1 fully saturated rings. The molecule has 1 amide bonds. The first kappa shape index (κ1) is 23.0. The van der Waals surface area contributed by atoms with Crippen LogP contribution in [0, 0.1) is 12.8 Å². The molecule has 0 spiro atoms. The molecule has 2 aromatic carbocycles. The molecule has 0 bridgehead atoms. The van der Waals surface area contributed by atoms with E-state index in [2.05, 4.69) is 36.8 Å². The molecule has 172 valence electrons. The normalized spacial score (nSPS) is 18.0. The Morgan fingerprint density at radius 3 is 2.48 bits per heavy atom. The van der Waals surface area contributed by atoms with E-state index in [9.17, 15) is 9.59 Å². The van der Waals surface area contributed by atoms with Crippen molar-refractivity contribution in [1.82, 2.24) is 10.2 Å². The number of aromatic nitrogens is 2. The standard InChI is InChI=1S/C24H25BrN4O4/c1-14-2-11-20(19(25)12-14)27-24-29-28-23(33-24)22(32)26-18-9-7-17(8-10-18)16-5-3-15(4-6-16)13-21(30)31/h2,7-12,15-16H,3-6,13H2,1H3,(H,26,32)(H,27,29)(H,30,31)/t15-,16-. The number of hydrogen-bond acceptors (Lipinski definition) is 6. The van der Waals surface area contributed by atoms with Crippen molar-refractivity contribution in [3.63, 3.8) is 0 Å². The zero-order valence-corrected chi connectivity index (χ0v) is 19.8. The van der Waals surface area contributed by atoms with Crippen molar-refractivity contribution in [3.8, 4) is 0 Å². The third-order valence-corrected chi connectivity index (χ3v) is 6.59. The van der Waals surface area contributed by atoms with Crippen LogP contribution in [-0.4, -0.2) is 27.2 Å². The Hall–Kier alpha value is -3.20. The van der Waals surface area contributed by atoms with E-state index in [1.165, 1.54) is 5.56 Å². The van der Waals surface area contributed by atoms with Gasteiger partial charge in [-0.25, -0.2) is 0 Å². The van der Waals surface area contributed by atoms with Gasteiger partial charge in [-0.05, 0) is 95.8 Å². The molecule has 33 heavy (non-hydrogen) atoms. The maximum atomic E-state index is 12.5. The van der Waals surface area contributed by atoms with Gasteiger partial charge in [-0.1, -0.05) is 23.3 Å². The van der Waals surface area contributed by atoms with Gasteiger partial charge in [-0.3, -0.25) is 9.59 Å². The molecule has 1 aliphatic rings. The molecule has 4 rings (SSSR count). The molecule has 1 saturated carbocycles. The number of benzene rings is 2. The molecule has 0 radical (unpaired) electrons. The van der Waals surface area contributed by atoms with Crippen molar-refractivity contribution in [1.29, 1.82) is 0 Å². The van der Waals surface area contributed by atoms with E-state index < -0.39 is 11.9 Å². The Kier molecular flexibility index (Phi) is 7.08. The number of carbonyl (C=O) groups is 2. The number of nitrogens with zero attached hydrogens (tertiary/aromatic N) is 2.